The van der Waals surface area contributed by atoms with E-state index in [1.165, 1.54) is 38.8 Å². The van der Waals surface area contributed by atoms with Gasteiger partial charge in [0.2, 0.25) is 0 Å². The number of aromatic nitrogens is 2. The van der Waals surface area contributed by atoms with E-state index in [-0.39, 0.29) is 17.0 Å². The molecule has 0 aliphatic carbocycles. The summed E-state index contributed by atoms with van der Waals surface area (Å²) in [6.45, 7) is 20.1. The van der Waals surface area contributed by atoms with Crippen molar-refractivity contribution in [2.45, 2.75) is 79.3 Å². The van der Waals surface area contributed by atoms with Crippen LogP contribution in [-0.2, 0) is 10.8 Å². The zero-order chi connectivity index (χ0) is 40.5. The van der Waals surface area contributed by atoms with Crippen LogP contribution in [0.4, 0.5) is 5.69 Å². The first-order valence-corrected chi connectivity index (χ1v) is 20.4. The van der Waals surface area contributed by atoms with E-state index >= 15 is 0 Å². The molecule has 0 bridgehead atoms. The Kier molecular flexibility index (Phi) is 8.96. The van der Waals surface area contributed by atoms with Crippen LogP contribution < -0.4 is 9.64 Å². The number of para-hydroxylation sites is 1. The van der Waals surface area contributed by atoms with Gasteiger partial charge in [0.1, 0.15) is 23.5 Å². The van der Waals surface area contributed by atoms with Gasteiger partial charge in [-0.25, -0.2) is 4.98 Å². The van der Waals surface area contributed by atoms with E-state index in [1.807, 2.05) is 6.20 Å². The summed E-state index contributed by atoms with van der Waals surface area (Å²) in [6, 6.07) is 39.7. The normalized spacial score (nSPS) is 15.4. The molecule has 0 saturated carbocycles. The molecule has 58 heavy (non-hydrogen) atoms. The van der Waals surface area contributed by atoms with Gasteiger partial charge < -0.3 is 14.5 Å². The van der Waals surface area contributed by atoms with Crippen molar-refractivity contribution in [2.24, 2.45) is 0 Å². The Labute approximate surface area is 343 Å². The average molecular weight is 761 g/mol. The van der Waals surface area contributed by atoms with Gasteiger partial charge in [0.15, 0.2) is 0 Å². The number of nitrogens with zero attached hydrogens (tertiary/aromatic N) is 4. The summed E-state index contributed by atoms with van der Waals surface area (Å²) < 4.78 is 9.26. The fourth-order valence-corrected chi connectivity index (χ4v) is 8.79. The van der Waals surface area contributed by atoms with Crippen molar-refractivity contribution in [2.75, 3.05) is 4.90 Å². The Bertz CT molecular complexity index is 2800. The molecule has 1 atom stereocenters. The first-order valence-electron chi connectivity index (χ1n) is 20.4. The third-order valence-electron chi connectivity index (χ3n) is 11.7. The maximum absolute atomic E-state index is 6.98. The molecule has 4 heterocycles. The smallest absolute Gasteiger partial charge is 0.137 e. The molecule has 0 amide bonds. The highest BCUT2D eigenvalue weighted by atomic mass is 16.5. The van der Waals surface area contributed by atoms with Crippen molar-refractivity contribution >= 4 is 33.2 Å². The third-order valence-corrected chi connectivity index (χ3v) is 11.7. The molecule has 2 aromatic heterocycles. The van der Waals surface area contributed by atoms with Gasteiger partial charge in [-0.15, -0.1) is 0 Å². The Balaban J connectivity index is 1.18. The third kappa shape index (κ3) is 6.68. The van der Waals surface area contributed by atoms with E-state index in [2.05, 4.69) is 217 Å². The predicted octanol–water partition coefficient (Wildman–Crippen LogP) is 13.7. The maximum Gasteiger partial charge on any atom is 0.137 e. The van der Waals surface area contributed by atoms with Crippen LogP contribution in [0.2, 0.25) is 0 Å². The van der Waals surface area contributed by atoms with E-state index in [4.69, 9.17) is 9.72 Å². The van der Waals surface area contributed by atoms with Gasteiger partial charge in [0.25, 0.3) is 0 Å². The molecule has 5 nitrogen and oxygen atoms in total. The molecule has 0 N–H and O–H groups in total. The molecule has 0 radical (unpaired) electrons. The molecular formula is C53H52N4O. The molecule has 0 fully saturated rings. The van der Waals surface area contributed by atoms with Crippen LogP contribution in [0.3, 0.4) is 0 Å². The van der Waals surface area contributed by atoms with E-state index in [0.29, 0.717) is 0 Å². The second-order valence-corrected chi connectivity index (χ2v) is 18.1. The molecule has 1 unspecified atom stereocenters. The molecule has 5 heteroatoms. The number of hydrogen-bond donors (Lipinski definition) is 0. The zero-order valence-electron chi connectivity index (χ0n) is 35.1. The summed E-state index contributed by atoms with van der Waals surface area (Å²) in [7, 11) is 0. The van der Waals surface area contributed by atoms with E-state index in [1.54, 1.807) is 0 Å². The molecule has 5 aromatic carbocycles. The lowest BCUT2D eigenvalue weighted by atomic mass is 9.87. The lowest BCUT2D eigenvalue weighted by Gasteiger charge is -2.32. The predicted molar refractivity (Wildman–Crippen MR) is 243 cm³/mol. The number of ether oxygens (including phenoxy) is 1. The van der Waals surface area contributed by atoms with Gasteiger partial charge in [-0.1, -0.05) is 95.6 Å². The van der Waals surface area contributed by atoms with Crippen LogP contribution >= 0.6 is 0 Å². The van der Waals surface area contributed by atoms with Crippen molar-refractivity contribution in [3.63, 3.8) is 0 Å². The zero-order valence-corrected chi connectivity index (χ0v) is 35.1. The van der Waals surface area contributed by atoms with Crippen molar-refractivity contribution in [1.82, 2.24) is 14.5 Å². The summed E-state index contributed by atoms with van der Waals surface area (Å²) in [5, 5.41) is 2.35. The minimum Gasteiger partial charge on any atom is -0.457 e. The topological polar surface area (TPSA) is 33.5 Å². The largest absolute Gasteiger partial charge is 0.457 e. The maximum atomic E-state index is 6.98. The lowest BCUT2D eigenvalue weighted by molar-refractivity contribution is 0.470. The Morgan fingerprint density at radius 3 is 2.05 bits per heavy atom. The van der Waals surface area contributed by atoms with Gasteiger partial charge in [-0.3, -0.25) is 4.57 Å². The number of aryl methyl sites for hydroxylation is 3. The van der Waals surface area contributed by atoms with Gasteiger partial charge in [-0.05, 0) is 138 Å². The fraction of sp³-hybridized carbons (Fsp3) is 0.226. The molecule has 7 aromatic rings. The van der Waals surface area contributed by atoms with Gasteiger partial charge in [-0.2, -0.15) is 0 Å². The molecular weight excluding hydrogens is 709 g/mol. The number of hydrogen-bond acceptors (Lipinski definition) is 4. The second-order valence-electron chi connectivity index (χ2n) is 18.1. The van der Waals surface area contributed by atoms with Crippen LogP contribution in [0, 0.1) is 20.8 Å². The van der Waals surface area contributed by atoms with Crippen molar-refractivity contribution in [3.05, 3.63) is 179 Å². The van der Waals surface area contributed by atoms with E-state index < -0.39 is 0 Å². The number of pyridine rings is 1. The minimum absolute atomic E-state index is 0.00936. The Morgan fingerprint density at radius 1 is 0.603 bits per heavy atom. The number of fused-ring (bicyclic) bond motifs is 4. The number of allylic oxidation sites excluding steroid dienone is 2. The summed E-state index contributed by atoms with van der Waals surface area (Å²) in [4.78, 5) is 9.63. The summed E-state index contributed by atoms with van der Waals surface area (Å²) in [6.07, 6.45) is 12.9. The molecule has 290 valence electrons. The molecule has 2 aliphatic heterocycles. The Hall–Kier alpha value is -6.33. The lowest BCUT2D eigenvalue weighted by Crippen LogP contribution is -2.36. The molecule has 0 spiro atoms. The quantitative estimate of drug-likeness (QED) is 0.169. The monoisotopic (exact) mass is 760 g/mol. The van der Waals surface area contributed by atoms with Gasteiger partial charge in [0, 0.05) is 46.7 Å². The van der Waals surface area contributed by atoms with Crippen LogP contribution in [0.1, 0.15) is 74.9 Å². The highest BCUT2D eigenvalue weighted by Crippen LogP contribution is 2.42. The first-order chi connectivity index (χ1) is 27.7. The minimum atomic E-state index is -0.00936. The average Bonchev–Trinajstić information content (AvgIpc) is 3.73. The first kappa shape index (κ1) is 37.3. The van der Waals surface area contributed by atoms with Gasteiger partial charge >= 0.3 is 0 Å². The fourth-order valence-electron chi connectivity index (χ4n) is 8.79. The van der Waals surface area contributed by atoms with Crippen molar-refractivity contribution in [1.29, 1.82) is 0 Å². The van der Waals surface area contributed by atoms with Crippen molar-refractivity contribution in [3.8, 4) is 28.4 Å². The van der Waals surface area contributed by atoms with Crippen LogP contribution in [0.5, 0.6) is 11.5 Å². The molecule has 0 saturated heterocycles. The number of rotatable bonds is 6. The van der Waals surface area contributed by atoms with Crippen molar-refractivity contribution < 1.29 is 4.74 Å². The van der Waals surface area contributed by atoms with Crippen LogP contribution in [0.25, 0.3) is 44.4 Å². The van der Waals surface area contributed by atoms with Crippen LogP contribution in [0.15, 0.2) is 146 Å². The molecule has 9 rings (SSSR count). The SMILES string of the molecule is Cc1cc(C)c(-c2cc(Oc3ccc4c5ccccc5n(-c5cc(C(C)(C)C)ccn5)c4c3)cc(C3=CN(c4ccc(C(C)(C)C)cc4)C4C=CC=CN34)c2)c(C)c1. The highest BCUT2D eigenvalue weighted by molar-refractivity contribution is 6.09. The summed E-state index contributed by atoms with van der Waals surface area (Å²) >= 11 is 0. The summed E-state index contributed by atoms with van der Waals surface area (Å²) in [5.74, 6) is 2.45. The van der Waals surface area contributed by atoms with Gasteiger partial charge in [0.05, 0.1) is 16.7 Å². The number of benzene rings is 5. The molecule has 2 aliphatic rings. The number of anilines is 1. The van der Waals surface area contributed by atoms with Crippen LogP contribution in [-0.4, -0.2) is 20.6 Å². The highest BCUT2D eigenvalue weighted by Gasteiger charge is 2.33. The standard InChI is InChI=1S/C53H52N4O/c1-34-26-35(2)51(36(3)27-34)38-28-37(48-33-56(50-16-12-13-25-55(48)50)41-19-17-39(18-20-41)52(4,5)6)29-43(30-38)58-42-21-22-45-44-14-10-11-15-46(44)57(47(45)32-42)49-31-40(23-24-54-49)53(7,8)9/h10-33,50H,1-9H3. The Morgan fingerprint density at radius 2 is 1.31 bits per heavy atom. The summed E-state index contributed by atoms with van der Waals surface area (Å²) in [5.41, 5.74) is 14.3. The van der Waals surface area contributed by atoms with E-state index in [0.717, 1.165) is 56.2 Å². The second kappa shape index (κ2) is 13.9. The van der Waals surface area contributed by atoms with E-state index in [9.17, 15) is 0 Å².